The molecule has 0 saturated carbocycles. The van der Waals surface area contributed by atoms with E-state index < -0.39 is 21.0 Å². The minimum atomic E-state index is -4.55. The fourth-order valence-electron chi connectivity index (χ4n) is 2.19. The van der Waals surface area contributed by atoms with Gasteiger partial charge in [-0.2, -0.15) is 10.2 Å². The highest BCUT2D eigenvalue weighted by atomic mass is 32.2. The van der Waals surface area contributed by atoms with E-state index in [4.69, 9.17) is 0 Å². The minimum Gasteiger partial charge on any atom is -0.744 e. The van der Waals surface area contributed by atoms with E-state index in [1.54, 1.807) is 24.3 Å². The minimum absolute atomic E-state index is 0.0614. The van der Waals surface area contributed by atoms with Crippen LogP contribution in [-0.2, 0) is 10.1 Å². The van der Waals surface area contributed by atoms with E-state index in [-0.39, 0.29) is 15.6 Å². The molecule has 0 aliphatic carbocycles. The third-order valence-electron chi connectivity index (χ3n) is 3.59. The smallest absolute Gasteiger partial charge is 0.237 e. The van der Waals surface area contributed by atoms with Gasteiger partial charge in [0.1, 0.15) is 15.5 Å². The van der Waals surface area contributed by atoms with Gasteiger partial charge in [-0.25, -0.2) is 8.42 Å². The van der Waals surface area contributed by atoms with Gasteiger partial charge in [0.25, 0.3) is 0 Å². The summed E-state index contributed by atoms with van der Waals surface area (Å²) in [5.74, 6) is 0. The van der Waals surface area contributed by atoms with Crippen LogP contribution in [0.3, 0.4) is 0 Å². The van der Waals surface area contributed by atoms with Crippen LogP contribution in [0.5, 0.6) is 0 Å². The number of hydrogen-bond acceptors (Lipinski definition) is 9. The Hall–Kier alpha value is -3.63. The van der Waals surface area contributed by atoms with Crippen molar-refractivity contribution in [3.63, 3.8) is 0 Å². The quantitative estimate of drug-likeness (QED) is 0.441. The van der Waals surface area contributed by atoms with Gasteiger partial charge in [-0.15, -0.1) is 0 Å². The van der Waals surface area contributed by atoms with Crippen molar-refractivity contribution < 1.29 is 13.0 Å². The fourth-order valence-corrected chi connectivity index (χ4v) is 2.66. The Kier molecular flexibility index (Phi) is 10.7. The predicted octanol–water partition coefficient (Wildman–Crippen LogP) is 2.09. The number of rotatable bonds is 5. The lowest BCUT2D eigenvalue weighted by molar-refractivity contribution is 0.463. The van der Waals surface area contributed by atoms with Crippen molar-refractivity contribution in [3.8, 4) is 0 Å². The molecule has 0 spiro atoms. The second kappa shape index (κ2) is 12.9. The number of para-hydroxylation sites is 1. The molecule has 10 heteroatoms. The average molecular weight is 458 g/mol. The number of nitrogens with zero attached hydrogens (tertiary/aromatic N) is 2. The van der Waals surface area contributed by atoms with Gasteiger partial charge in [-0.3, -0.25) is 20.4 Å². The van der Waals surface area contributed by atoms with Crippen LogP contribution in [0, 0.1) is 0 Å². The van der Waals surface area contributed by atoms with Crippen LogP contribution in [0.25, 0.3) is 0 Å². The Balaban J connectivity index is 0.00000121. The summed E-state index contributed by atoms with van der Waals surface area (Å²) >= 11 is 0. The van der Waals surface area contributed by atoms with Crippen molar-refractivity contribution in [2.75, 3.05) is 10.9 Å². The molecule has 0 fully saturated rings. The zero-order chi connectivity index (χ0) is 24.1. The van der Waals surface area contributed by atoms with Gasteiger partial charge in [-0.1, -0.05) is 45.9 Å². The standard InChI is InChI=1S/C18H14N4O5S.2C2H6/c23-16-11-10-15(18(24)17(16)22-20-12-4-2-1-3-5-12)21-19-13-6-8-14(9-7-13)28(25,26)27;2*1-2/h1-11,19-20H,(H,25,26,27);2*1-2H3/p-1. The van der Waals surface area contributed by atoms with Gasteiger partial charge in [0.05, 0.1) is 16.3 Å². The zero-order valence-electron chi connectivity index (χ0n) is 18.2. The predicted molar refractivity (Wildman–Crippen MR) is 123 cm³/mol. The lowest BCUT2D eigenvalue weighted by atomic mass is 10.3. The van der Waals surface area contributed by atoms with E-state index in [2.05, 4.69) is 21.1 Å². The van der Waals surface area contributed by atoms with Gasteiger partial charge in [-0.05, 0) is 48.5 Å². The lowest BCUT2D eigenvalue weighted by Crippen LogP contribution is -2.47. The maximum atomic E-state index is 12.4. The van der Waals surface area contributed by atoms with Crippen molar-refractivity contribution >= 4 is 21.5 Å². The maximum Gasteiger partial charge on any atom is 0.237 e. The summed E-state index contributed by atoms with van der Waals surface area (Å²) in [7, 11) is -4.55. The Morgan fingerprint density at radius 3 is 1.81 bits per heavy atom. The Bertz CT molecular complexity index is 1310. The van der Waals surface area contributed by atoms with E-state index in [1.807, 2.05) is 33.8 Å². The SMILES string of the molecule is CC.CC.O=c1ccc(=NNc2ccc(S(=O)(=O)[O-])cc2)c(=O)c1=NNc1ccccc1. The number of anilines is 2. The van der Waals surface area contributed by atoms with E-state index in [1.165, 1.54) is 24.3 Å². The molecule has 32 heavy (non-hydrogen) atoms. The lowest BCUT2D eigenvalue weighted by Gasteiger charge is -2.07. The summed E-state index contributed by atoms with van der Waals surface area (Å²) in [6.07, 6.45) is 0. The first-order valence-corrected chi connectivity index (χ1v) is 11.3. The monoisotopic (exact) mass is 457 g/mol. The largest absolute Gasteiger partial charge is 0.744 e. The summed E-state index contributed by atoms with van der Waals surface area (Å²) in [5.41, 5.74) is 4.92. The van der Waals surface area contributed by atoms with Gasteiger partial charge < -0.3 is 4.55 Å². The topological polar surface area (TPSA) is 140 Å². The number of hydrogen-bond donors (Lipinski definition) is 2. The molecule has 0 aliphatic rings. The molecule has 0 bridgehead atoms. The number of nitrogens with one attached hydrogen (secondary N) is 2. The fraction of sp³-hybridized carbons (Fsp3) is 0.182. The summed E-state index contributed by atoms with van der Waals surface area (Å²) < 4.78 is 32.7. The van der Waals surface area contributed by atoms with E-state index in [0.717, 1.165) is 12.1 Å². The summed E-state index contributed by atoms with van der Waals surface area (Å²) in [6, 6.07) is 16.1. The summed E-state index contributed by atoms with van der Waals surface area (Å²) in [4.78, 5) is 24.0. The highest BCUT2D eigenvalue weighted by Crippen LogP contribution is 2.13. The van der Waals surface area contributed by atoms with Crippen LogP contribution in [0.4, 0.5) is 11.4 Å². The Morgan fingerprint density at radius 1 is 0.719 bits per heavy atom. The Morgan fingerprint density at radius 2 is 1.25 bits per heavy atom. The molecule has 9 nitrogen and oxygen atoms in total. The third-order valence-corrected chi connectivity index (χ3v) is 4.44. The molecule has 3 rings (SSSR count). The van der Waals surface area contributed by atoms with Crippen molar-refractivity contribution in [3.05, 3.63) is 97.9 Å². The molecule has 3 aromatic rings. The van der Waals surface area contributed by atoms with Crippen molar-refractivity contribution in [1.82, 2.24) is 0 Å². The summed E-state index contributed by atoms with van der Waals surface area (Å²) in [5, 5.41) is 7.39. The Labute approximate surface area is 186 Å². The van der Waals surface area contributed by atoms with Gasteiger partial charge in [0, 0.05) is 0 Å². The molecule has 0 aromatic heterocycles. The van der Waals surface area contributed by atoms with Crippen molar-refractivity contribution in [2.45, 2.75) is 32.6 Å². The molecule has 0 atom stereocenters. The molecule has 170 valence electrons. The van der Waals surface area contributed by atoms with Crippen LogP contribution in [-0.4, -0.2) is 13.0 Å². The second-order valence-corrected chi connectivity index (χ2v) is 6.93. The average Bonchev–Trinajstić information content (AvgIpc) is 2.81. The molecule has 0 unspecified atom stereocenters. The van der Waals surface area contributed by atoms with Crippen LogP contribution in [0.15, 0.2) is 91.4 Å². The molecule has 0 heterocycles. The molecule has 0 aliphatic heterocycles. The second-order valence-electron chi connectivity index (χ2n) is 5.55. The summed E-state index contributed by atoms with van der Waals surface area (Å²) in [6.45, 7) is 8.00. The molecule has 3 aromatic carbocycles. The molecule has 0 amide bonds. The molecular weight excluding hydrogens is 432 g/mol. The molecule has 0 radical (unpaired) electrons. The van der Waals surface area contributed by atoms with Crippen molar-refractivity contribution in [2.24, 2.45) is 10.2 Å². The number of benzene rings is 3. The van der Waals surface area contributed by atoms with Crippen LogP contribution in [0.2, 0.25) is 0 Å². The van der Waals surface area contributed by atoms with Gasteiger partial charge >= 0.3 is 0 Å². The zero-order valence-corrected chi connectivity index (χ0v) is 19.0. The van der Waals surface area contributed by atoms with Gasteiger partial charge in [0.15, 0.2) is 5.36 Å². The van der Waals surface area contributed by atoms with Crippen LogP contribution < -0.4 is 32.4 Å². The first-order valence-electron chi connectivity index (χ1n) is 9.90. The molecular formula is C22H25N4O5S-. The molecule has 2 N–H and O–H groups in total. The van der Waals surface area contributed by atoms with E-state index in [9.17, 15) is 22.6 Å². The van der Waals surface area contributed by atoms with Crippen LogP contribution >= 0.6 is 0 Å². The van der Waals surface area contributed by atoms with E-state index >= 15 is 0 Å². The first kappa shape index (κ1) is 26.4. The normalized spacial score (nSPS) is 11.5. The van der Waals surface area contributed by atoms with E-state index in [0.29, 0.717) is 11.4 Å². The van der Waals surface area contributed by atoms with Gasteiger partial charge in [0.2, 0.25) is 10.9 Å². The third kappa shape index (κ3) is 7.56. The maximum absolute atomic E-state index is 12.4. The van der Waals surface area contributed by atoms with Crippen molar-refractivity contribution in [1.29, 1.82) is 0 Å². The molecule has 0 saturated heterocycles. The highest BCUT2D eigenvalue weighted by molar-refractivity contribution is 7.85. The van der Waals surface area contributed by atoms with Crippen LogP contribution in [0.1, 0.15) is 27.7 Å². The highest BCUT2D eigenvalue weighted by Gasteiger charge is 2.02. The first-order chi connectivity index (χ1) is 15.3.